The van der Waals surface area contributed by atoms with Gasteiger partial charge in [0.15, 0.2) is 5.82 Å². The van der Waals surface area contributed by atoms with E-state index < -0.39 is 10.1 Å². The molecule has 3 aromatic rings. The van der Waals surface area contributed by atoms with Crippen LogP contribution >= 0.6 is 0 Å². The first-order valence-corrected chi connectivity index (χ1v) is 7.95. The Morgan fingerprint density at radius 2 is 1.78 bits per heavy atom. The van der Waals surface area contributed by atoms with E-state index in [0.29, 0.717) is 16.6 Å². The third kappa shape index (κ3) is 3.17. The number of phenolic OH excluding ortho intramolecular Hbond substituents is 1. The monoisotopic (exact) mass is 329 g/mol. The van der Waals surface area contributed by atoms with Crippen molar-refractivity contribution in [1.82, 2.24) is 4.98 Å². The van der Waals surface area contributed by atoms with Crippen molar-refractivity contribution in [2.45, 2.75) is 4.90 Å². The number of fused-ring (bicyclic) bond motifs is 1. The van der Waals surface area contributed by atoms with Gasteiger partial charge in [0.25, 0.3) is 10.1 Å². The molecule has 1 heterocycles. The Balaban J connectivity index is 2.18. The molecule has 2 aromatic carbocycles. The minimum atomic E-state index is -4.36. The van der Waals surface area contributed by atoms with Gasteiger partial charge in [0.1, 0.15) is 11.4 Å². The maximum Gasteiger partial charge on any atom is 0.294 e. The zero-order valence-corrected chi connectivity index (χ0v) is 12.5. The minimum Gasteiger partial charge on any atom is -0.506 e. The quantitative estimate of drug-likeness (QED) is 0.563. The molecule has 0 bridgehead atoms. The van der Waals surface area contributed by atoms with Gasteiger partial charge in [-0.1, -0.05) is 18.2 Å². The average molecular weight is 329 g/mol. The van der Waals surface area contributed by atoms with Gasteiger partial charge < -0.3 is 5.11 Å². The van der Waals surface area contributed by atoms with Crippen LogP contribution in [0.1, 0.15) is 0 Å². The number of benzene rings is 2. The number of aromatic nitrogens is 1. The smallest absolute Gasteiger partial charge is 0.294 e. The first-order valence-electron chi connectivity index (χ1n) is 6.51. The lowest BCUT2D eigenvalue weighted by atomic mass is 10.1. The second-order valence-electron chi connectivity index (χ2n) is 4.68. The molecule has 2 N–H and O–H groups in total. The number of azo groups is 1. The molecule has 3 rings (SSSR count). The Labute approximate surface area is 131 Å². The second-order valence-corrected chi connectivity index (χ2v) is 6.10. The maximum absolute atomic E-state index is 11.3. The Kier molecular flexibility index (Phi) is 3.77. The SMILES string of the molecule is O=S(=O)(O)c1ccc2ccc(O)c(N=Nc3ccccn3)c2c1. The topological polar surface area (TPSA) is 112 Å². The zero-order chi connectivity index (χ0) is 16.4. The number of hydrogen-bond acceptors (Lipinski definition) is 6. The fourth-order valence-corrected chi connectivity index (χ4v) is 2.56. The molecule has 0 saturated carbocycles. The summed E-state index contributed by atoms with van der Waals surface area (Å²) in [7, 11) is -4.36. The van der Waals surface area contributed by atoms with E-state index in [-0.39, 0.29) is 16.3 Å². The summed E-state index contributed by atoms with van der Waals surface area (Å²) in [5.41, 5.74) is 0.0960. The van der Waals surface area contributed by atoms with E-state index in [1.807, 2.05) is 0 Å². The molecular formula is C15H11N3O4S. The van der Waals surface area contributed by atoms with Crippen LogP contribution in [-0.4, -0.2) is 23.1 Å². The van der Waals surface area contributed by atoms with Gasteiger partial charge in [-0.2, -0.15) is 8.42 Å². The van der Waals surface area contributed by atoms with Crippen LogP contribution in [0.2, 0.25) is 0 Å². The van der Waals surface area contributed by atoms with Crippen molar-refractivity contribution in [3.63, 3.8) is 0 Å². The number of pyridine rings is 1. The van der Waals surface area contributed by atoms with Crippen LogP contribution in [-0.2, 0) is 10.1 Å². The molecule has 8 heteroatoms. The van der Waals surface area contributed by atoms with Crippen molar-refractivity contribution >= 4 is 32.4 Å². The third-order valence-corrected chi connectivity index (χ3v) is 3.99. The van der Waals surface area contributed by atoms with E-state index >= 15 is 0 Å². The highest BCUT2D eigenvalue weighted by atomic mass is 32.2. The van der Waals surface area contributed by atoms with Crippen LogP contribution in [0.25, 0.3) is 10.8 Å². The fraction of sp³-hybridized carbons (Fsp3) is 0. The van der Waals surface area contributed by atoms with Gasteiger partial charge in [0.2, 0.25) is 0 Å². The van der Waals surface area contributed by atoms with Gasteiger partial charge in [-0.3, -0.25) is 4.55 Å². The lowest BCUT2D eigenvalue weighted by Crippen LogP contribution is -1.97. The van der Waals surface area contributed by atoms with Crippen LogP contribution in [0.15, 0.2) is 69.9 Å². The van der Waals surface area contributed by atoms with Crippen LogP contribution in [0, 0.1) is 0 Å². The second kappa shape index (κ2) is 5.75. The van der Waals surface area contributed by atoms with Crippen LogP contribution in [0.5, 0.6) is 5.75 Å². The molecule has 1 aromatic heterocycles. The van der Waals surface area contributed by atoms with Crippen molar-refractivity contribution in [3.05, 3.63) is 54.7 Å². The molecule has 116 valence electrons. The molecule has 0 spiro atoms. The van der Waals surface area contributed by atoms with E-state index in [2.05, 4.69) is 15.2 Å². The van der Waals surface area contributed by atoms with Gasteiger partial charge in [0, 0.05) is 11.6 Å². The zero-order valence-electron chi connectivity index (χ0n) is 11.7. The molecule has 0 aliphatic heterocycles. The largest absolute Gasteiger partial charge is 0.506 e. The van der Waals surface area contributed by atoms with Gasteiger partial charge in [-0.05, 0) is 35.7 Å². The molecule has 0 aliphatic carbocycles. The number of nitrogens with zero attached hydrogens (tertiary/aromatic N) is 3. The molecule has 0 radical (unpaired) electrons. The van der Waals surface area contributed by atoms with Gasteiger partial charge in [-0.15, -0.1) is 10.2 Å². The van der Waals surface area contributed by atoms with Gasteiger partial charge in [0.05, 0.1) is 4.90 Å². The number of phenols is 1. The maximum atomic E-state index is 11.3. The van der Waals surface area contributed by atoms with E-state index in [1.54, 1.807) is 30.5 Å². The van der Waals surface area contributed by atoms with E-state index in [4.69, 9.17) is 4.55 Å². The van der Waals surface area contributed by atoms with Crippen LogP contribution in [0.3, 0.4) is 0 Å². The fourth-order valence-electron chi connectivity index (χ4n) is 2.05. The molecule has 23 heavy (non-hydrogen) atoms. The number of hydrogen-bond donors (Lipinski definition) is 2. The van der Waals surface area contributed by atoms with E-state index in [9.17, 15) is 13.5 Å². The summed E-state index contributed by atoms with van der Waals surface area (Å²) < 4.78 is 31.7. The third-order valence-electron chi connectivity index (χ3n) is 3.14. The highest BCUT2D eigenvalue weighted by molar-refractivity contribution is 7.85. The van der Waals surface area contributed by atoms with Crippen molar-refractivity contribution in [1.29, 1.82) is 0 Å². The summed E-state index contributed by atoms with van der Waals surface area (Å²) in [6.45, 7) is 0. The standard InChI is InChI=1S/C15H11N3O4S/c19-13-7-5-10-4-6-11(23(20,21)22)9-12(10)15(13)18-17-14-3-1-2-8-16-14/h1-9,19H,(H,20,21,22). The number of rotatable bonds is 3. The predicted octanol–water partition coefficient (Wildman–Crippen LogP) is 3.60. The predicted molar refractivity (Wildman–Crippen MR) is 83.8 cm³/mol. The Bertz CT molecular complexity index is 1000. The highest BCUT2D eigenvalue weighted by Gasteiger charge is 2.13. The van der Waals surface area contributed by atoms with Crippen molar-refractivity contribution in [3.8, 4) is 5.75 Å². The Morgan fingerprint density at radius 1 is 1.00 bits per heavy atom. The molecule has 0 aliphatic rings. The van der Waals surface area contributed by atoms with Crippen molar-refractivity contribution < 1.29 is 18.1 Å². The molecular weight excluding hydrogens is 318 g/mol. The van der Waals surface area contributed by atoms with Crippen LogP contribution < -0.4 is 0 Å². The Hall–Kier alpha value is -2.84. The summed E-state index contributed by atoms with van der Waals surface area (Å²) in [6, 6.07) is 12.2. The molecule has 0 amide bonds. The van der Waals surface area contributed by atoms with E-state index in [0.717, 1.165) is 0 Å². The van der Waals surface area contributed by atoms with Crippen molar-refractivity contribution in [2.24, 2.45) is 10.2 Å². The van der Waals surface area contributed by atoms with E-state index in [1.165, 1.54) is 24.3 Å². The normalized spacial score (nSPS) is 12.0. The molecule has 0 fully saturated rings. The van der Waals surface area contributed by atoms with Gasteiger partial charge in [-0.25, -0.2) is 4.98 Å². The molecule has 0 atom stereocenters. The van der Waals surface area contributed by atoms with Crippen LogP contribution in [0.4, 0.5) is 11.5 Å². The summed E-state index contributed by atoms with van der Waals surface area (Å²) in [5, 5.41) is 18.9. The minimum absolute atomic E-state index is 0.0960. The Morgan fingerprint density at radius 3 is 2.48 bits per heavy atom. The highest BCUT2D eigenvalue weighted by Crippen LogP contribution is 2.37. The number of aromatic hydroxyl groups is 1. The lowest BCUT2D eigenvalue weighted by Gasteiger charge is -2.05. The summed E-state index contributed by atoms with van der Waals surface area (Å²) in [6.07, 6.45) is 1.55. The van der Waals surface area contributed by atoms with Gasteiger partial charge >= 0.3 is 0 Å². The molecule has 7 nitrogen and oxygen atoms in total. The summed E-state index contributed by atoms with van der Waals surface area (Å²) >= 11 is 0. The average Bonchev–Trinajstić information content (AvgIpc) is 2.53. The lowest BCUT2D eigenvalue weighted by molar-refractivity contribution is 0.476. The molecule has 0 saturated heterocycles. The first kappa shape index (κ1) is 15.1. The first-order chi connectivity index (χ1) is 10.9. The summed E-state index contributed by atoms with van der Waals surface area (Å²) in [5.74, 6) is 0.180. The molecule has 0 unspecified atom stereocenters. The van der Waals surface area contributed by atoms with Crippen molar-refractivity contribution in [2.75, 3.05) is 0 Å². The summed E-state index contributed by atoms with van der Waals surface area (Å²) in [4.78, 5) is 3.70.